The molecule has 2 fully saturated rings. The Morgan fingerprint density at radius 3 is 2.31 bits per heavy atom. The van der Waals surface area contributed by atoms with E-state index in [1.165, 1.54) is 6.42 Å². The third-order valence-electron chi connectivity index (χ3n) is 2.93. The minimum Gasteiger partial charge on any atom is -0.255 e. The van der Waals surface area contributed by atoms with Gasteiger partial charge in [-0.25, -0.2) is 5.14 Å². The summed E-state index contributed by atoms with van der Waals surface area (Å²) >= 11 is 0. The molecule has 0 aromatic carbocycles. The molecule has 0 aromatic rings. The van der Waals surface area contributed by atoms with Crippen molar-refractivity contribution in [3.05, 3.63) is 0 Å². The summed E-state index contributed by atoms with van der Waals surface area (Å²) in [7, 11) is -3.73. The first kappa shape index (κ1) is 11.9. The summed E-state index contributed by atoms with van der Waals surface area (Å²) in [6.07, 6.45) is 4.21. The fraction of sp³-hybridized carbons (Fsp3) is 1.00. The van der Waals surface area contributed by atoms with Gasteiger partial charge in [-0.05, 0) is 37.5 Å². The number of hydrogen-bond donors (Lipinski definition) is 1. The first-order valence-corrected chi connectivity index (χ1v) is 5.73. The van der Waals surface area contributed by atoms with Crippen LogP contribution in [0.2, 0.25) is 0 Å². The molecule has 6 heteroatoms. The minimum atomic E-state index is -3.73. The summed E-state index contributed by atoms with van der Waals surface area (Å²) in [6, 6.07) is 0. The Bertz CT molecular complexity index is 279. The minimum absolute atomic E-state index is 0. The number of rotatable bonds is 2. The molecule has 0 aromatic heterocycles. The van der Waals surface area contributed by atoms with Crippen LogP contribution in [0.5, 0.6) is 0 Å². The van der Waals surface area contributed by atoms with E-state index in [9.17, 15) is 8.42 Å². The van der Waals surface area contributed by atoms with E-state index >= 15 is 0 Å². The second-order valence-electron chi connectivity index (χ2n) is 3.80. The van der Waals surface area contributed by atoms with Crippen molar-refractivity contribution in [2.24, 2.45) is 17.0 Å². The Morgan fingerprint density at radius 1 is 1.23 bits per heavy atom. The third-order valence-corrected chi connectivity index (χ3v) is 3.45. The van der Waals surface area contributed by atoms with Crippen molar-refractivity contribution in [3.8, 4) is 0 Å². The van der Waals surface area contributed by atoms with Gasteiger partial charge in [0.2, 0.25) is 0 Å². The van der Waals surface area contributed by atoms with Crippen molar-refractivity contribution in [2.45, 2.75) is 31.8 Å². The summed E-state index contributed by atoms with van der Waals surface area (Å²) < 4.78 is 26.0. The van der Waals surface area contributed by atoms with Crippen LogP contribution in [-0.4, -0.2) is 44.1 Å². The van der Waals surface area contributed by atoms with Crippen LogP contribution in [0, 0.1) is 11.8 Å². The molecule has 0 heterocycles. The molecule has 4 nitrogen and oxygen atoms in total. The van der Waals surface area contributed by atoms with E-state index in [4.69, 9.17) is 9.32 Å². The SMILES string of the molecule is NS(=O)(=O)OC1CC2CCC1C2.[Na]. The van der Waals surface area contributed by atoms with Crippen LogP contribution in [0.1, 0.15) is 25.7 Å². The monoisotopic (exact) mass is 214 g/mol. The molecule has 0 saturated heterocycles. The van der Waals surface area contributed by atoms with Crippen molar-refractivity contribution in [3.63, 3.8) is 0 Å². The molecular formula is C7H13NNaO3S. The van der Waals surface area contributed by atoms with Gasteiger partial charge in [-0.3, -0.25) is 4.18 Å². The van der Waals surface area contributed by atoms with Gasteiger partial charge in [0.25, 0.3) is 0 Å². The maximum atomic E-state index is 10.6. The van der Waals surface area contributed by atoms with Crippen molar-refractivity contribution >= 4 is 39.9 Å². The number of hydrogen-bond acceptors (Lipinski definition) is 3. The van der Waals surface area contributed by atoms with E-state index in [-0.39, 0.29) is 35.7 Å². The van der Waals surface area contributed by atoms with Crippen LogP contribution >= 0.6 is 0 Å². The second-order valence-corrected chi connectivity index (χ2v) is 4.98. The summed E-state index contributed by atoms with van der Waals surface area (Å²) in [5, 5.41) is 4.80. The molecule has 3 atom stereocenters. The second kappa shape index (κ2) is 4.16. The zero-order valence-corrected chi connectivity index (χ0v) is 10.6. The molecule has 0 amide bonds. The van der Waals surface area contributed by atoms with Crippen LogP contribution in [-0.2, 0) is 14.5 Å². The summed E-state index contributed by atoms with van der Waals surface area (Å²) in [5.41, 5.74) is 0. The fourth-order valence-corrected chi connectivity index (χ4v) is 3.06. The van der Waals surface area contributed by atoms with Gasteiger partial charge >= 0.3 is 10.3 Å². The Labute approximate surface area is 101 Å². The Hall–Kier alpha value is 0.870. The normalized spacial score (nSPS) is 37.5. The molecule has 2 bridgehead atoms. The van der Waals surface area contributed by atoms with Crippen LogP contribution in [0.3, 0.4) is 0 Å². The molecular weight excluding hydrogens is 201 g/mol. The summed E-state index contributed by atoms with van der Waals surface area (Å²) in [4.78, 5) is 0. The molecule has 2 aliphatic carbocycles. The van der Waals surface area contributed by atoms with Gasteiger partial charge in [-0.2, -0.15) is 8.42 Å². The van der Waals surface area contributed by atoms with Gasteiger partial charge in [-0.1, -0.05) is 0 Å². The molecule has 2 rings (SSSR count). The predicted octanol–water partition coefficient (Wildman–Crippen LogP) is 0.0143. The zero-order valence-electron chi connectivity index (χ0n) is 7.77. The van der Waals surface area contributed by atoms with Gasteiger partial charge in [0, 0.05) is 29.6 Å². The fourth-order valence-electron chi connectivity index (χ4n) is 2.48. The molecule has 2 aliphatic rings. The van der Waals surface area contributed by atoms with E-state index in [1.54, 1.807) is 0 Å². The number of nitrogens with two attached hydrogens (primary N) is 1. The molecule has 71 valence electrons. The molecule has 13 heavy (non-hydrogen) atoms. The summed E-state index contributed by atoms with van der Waals surface area (Å²) in [5.74, 6) is 1.12. The zero-order chi connectivity index (χ0) is 8.77. The first-order chi connectivity index (χ1) is 5.54. The molecule has 2 saturated carbocycles. The topological polar surface area (TPSA) is 69.4 Å². The van der Waals surface area contributed by atoms with E-state index in [0.717, 1.165) is 19.3 Å². The van der Waals surface area contributed by atoms with Crippen molar-refractivity contribution < 1.29 is 12.6 Å². The Kier molecular flexibility index (Phi) is 3.82. The Morgan fingerprint density at radius 2 is 1.92 bits per heavy atom. The van der Waals surface area contributed by atoms with Crippen molar-refractivity contribution in [1.29, 1.82) is 0 Å². The average Bonchev–Trinajstić information content (AvgIpc) is 2.42. The smallest absolute Gasteiger partial charge is 0.255 e. The molecule has 0 aliphatic heterocycles. The molecule has 1 radical (unpaired) electrons. The number of fused-ring (bicyclic) bond motifs is 2. The van der Waals surface area contributed by atoms with E-state index in [1.807, 2.05) is 0 Å². The van der Waals surface area contributed by atoms with Crippen LogP contribution < -0.4 is 5.14 Å². The van der Waals surface area contributed by atoms with E-state index in [0.29, 0.717) is 11.8 Å². The molecule has 0 spiro atoms. The summed E-state index contributed by atoms with van der Waals surface area (Å²) in [6.45, 7) is 0. The van der Waals surface area contributed by atoms with Crippen molar-refractivity contribution in [1.82, 2.24) is 0 Å². The van der Waals surface area contributed by atoms with Gasteiger partial charge < -0.3 is 0 Å². The van der Waals surface area contributed by atoms with Crippen LogP contribution in [0.4, 0.5) is 0 Å². The first-order valence-electron chi connectivity index (χ1n) is 4.25. The van der Waals surface area contributed by atoms with E-state index < -0.39 is 10.3 Å². The van der Waals surface area contributed by atoms with Gasteiger partial charge in [0.05, 0.1) is 6.10 Å². The maximum absolute atomic E-state index is 10.6. The quantitative estimate of drug-likeness (QED) is 0.658. The third kappa shape index (κ3) is 2.91. The average molecular weight is 214 g/mol. The van der Waals surface area contributed by atoms with Crippen molar-refractivity contribution in [2.75, 3.05) is 0 Å². The maximum Gasteiger partial charge on any atom is 0.333 e. The standard InChI is InChI=1S/C7H13NO3S.Na/c8-12(9,10)11-7-4-5-1-2-6(7)3-5;/h5-7H,1-4H2,(H2,8,9,10);. The van der Waals surface area contributed by atoms with Gasteiger partial charge in [0.1, 0.15) is 0 Å². The van der Waals surface area contributed by atoms with Gasteiger partial charge in [-0.15, -0.1) is 0 Å². The van der Waals surface area contributed by atoms with Gasteiger partial charge in [0.15, 0.2) is 0 Å². The Balaban J connectivity index is 0.000000845. The predicted molar refractivity (Wildman–Crippen MR) is 49.2 cm³/mol. The molecule has 2 N–H and O–H groups in total. The van der Waals surface area contributed by atoms with E-state index in [2.05, 4.69) is 0 Å². The largest absolute Gasteiger partial charge is 0.333 e. The molecule has 3 unspecified atom stereocenters. The van der Waals surface area contributed by atoms with Crippen LogP contribution in [0.15, 0.2) is 0 Å². The van der Waals surface area contributed by atoms with Crippen LogP contribution in [0.25, 0.3) is 0 Å².